The number of benzene rings is 1. The summed E-state index contributed by atoms with van der Waals surface area (Å²) in [7, 11) is 0. The second-order valence-electron chi connectivity index (χ2n) is 2.51. The van der Waals surface area contributed by atoms with E-state index < -0.39 is 0 Å². The van der Waals surface area contributed by atoms with Crippen LogP contribution in [0.5, 0.6) is 0 Å². The van der Waals surface area contributed by atoms with Crippen LogP contribution in [0.3, 0.4) is 0 Å². The molecule has 0 aliphatic carbocycles. The Hall–Kier alpha value is -0.0917. The monoisotopic (exact) mass is 231 g/mol. The fourth-order valence-corrected chi connectivity index (χ4v) is 0.969. The smallest absolute Gasteiger partial charge is 0 e. The fraction of sp³-hybridized carbons (Fsp3) is 0.400. The van der Waals surface area contributed by atoms with Crippen molar-refractivity contribution >= 4 is 0 Å². The normalized spacial score (nSPS) is 8.82. The molecule has 0 unspecified atom stereocenters. The van der Waals surface area contributed by atoms with E-state index in [0.717, 1.165) is 0 Å². The molecule has 60 valence electrons. The maximum atomic E-state index is 3.01. The van der Waals surface area contributed by atoms with Crippen molar-refractivity contribution in [3.05, 3.63) is 35.9 Å². The second kappa shape index (κ2) is 6.61. The van der Waals surface area contributed by atoms with Gasteiger partial charge < -0.3 is 0 Å². The number of unbranched alkanes of at least 4 members (excludes halogenated alkanes) is 1. The van der Waals surface area contributed by atoms with Gasteiger partial charge in [-0.3, -0.25) is 0 Å². The molecule has 0 aromatic heterocycles. The van der Waals surface area contributed by atoms with Crippen LogP contribution in [0.4, 0.5) is 0 Å². The van der Waals surface area contributed by atoms with Crippen LogP contribution in [0.2, 0.25) is 0 Å². The molecule has 0 amide bonds. The maximum Gasteiger partial charge on any atom is 0 e. The summed E-state index contributed by atoms with van der Waals surface area (Å²) in [6, 6.07) is 11.2. The Morgan fingerprint density at radius 3 is 2.45 bits per heavy atom. The maximum absolute atomic E-state index is 3.01. The number of hydrogen-bond acceptors (Lipinski definition) is 0. The molecule has 0 bridgehead atoms. The summed E-state index contributed by atoms with van der Waals surface area (Å²) in [6.07, 6.45) is 3.79. The van der Waals surface area contributed by atoms with Crippen molar-refractivity contribution < 1.29 is 21.1 Å². The molecule has 0 aliphatic rings. The first-order valence-electron chi connectivity index (χ1n) is 3.88. The SMILES string of the molecule is CCCCc1cc[c-]cc1.[Mo]. The molecule has 0 nitrogen and oxygen atoms in total. The summed E-state index contributed by atoms with van der Waals surface area (Å²) in [4.78, 5) is 0. The van der Waals surface area contributed by atoms with Crippen LogP contribution in [0.15, 0.2) is 24.3 Å². The zero-order chi connectivity index (χ0) is 7.23. The van der Waals surface area contributed by atoms with Crippen LogP contribution < -0.4 is 0 Å². The van der Waals surface area contributed by atoms with Gasteiger partial charge in [0, 0.05) is 21.1 Å². The van der Waals surface area contributed by atoms with Crippen molar-refractivity contribution in [2.24, 2.45) is 0 Å². The molecule has 0 saturated carbocycles. The molecule has 0 heterocycles. The molecule has 0 atom stereocenters. The predicted octanol–water partition coefficient (Wildman–Crippen LogP) is 2.83. The molecule has 0 N–H and O–H groups in total. The van der Waals surface area contributed by atoms with Crippen LogP contribution in [0.1, 0.15) is 25.3 Å². The molecule has 1 rings (SSSR count). The van der Waals surface area contributed by atoms with Crippen molar-refractivity contribution in [3.8, 4) is 0 Å². The van der Waals surface area contributed by atoms with Crippen molar-refractivity contribution in [1.29, 1.82) is 0 Å². The Balaban J connectivity index is 0.000001000. The molecular weight excluding hydrogens is 216 g/mol. The minimum Gasteiger partial charge on any atom is -0.184 e. The molecule has 1 heteroatoms. The first-order chi connectivity index (χ1) is 4.93. The molecule has 0 fully saturated rings. The fourth-order valence-electron chi connectivity index (χ4n) is 0.969. The standard InChI is InChI=1S/C10H13.Mo/c1-2-3-7-10-8-5-4-6-9-10;/h5-6,8-9H,2-3,7H2,1H3;/q-1;. The summed E-state index contributed by atoms with van der Waals surface area (Å²) >= 11 is 0. The van der Waals surface area contributed by atoms with Crippen molar-refractivity contribution in [3.63, 3.8) is 0 Å². The Labute approximate surface area is 83.3 Å². The van der Waals surface area contributed by atoms with Gasteiger partial charge in [-0.05, 0) is 0 Å². The molecule has 0 aliphatic heterocycles. The third kappa shape index (κ3) is 4.37. The van der Waals surface area contributed by atoms with Gasteiger partial charge in [-0.25, -0.2) is 0 Å². The van der Waals surface area contributed by atoms with Crippen LogP contribution in [0, 0.1) is 6.07 Å². The van der Waals surface area contributed by atoms with E-state index in [0.29, 0.717) is 0 Å². The Bertz CT molecular complexity index is 169. The van der Waals surface area contributed by atoms with Crippen LogP contribution >= 0.6 is 0 Å². The summed E-state index contributed by atoms with van der Waals surface area (Å²) < 4.78 is 0. The molecule has 1 aromatic carbocycles. The summed E-state index contributed by atoms with van der Waals surface area (Å²) in [6.45, 7) is 2.22. The van der Waals surface area contributed by atoms with E-state index in [1.165, 1.54) is 24.8 Å². The molecule has 0 saturated heterocycles. The van der Waals surface area contributed by atoms with Gasteiger partial charge in [-0.2, -0.15) is 35.9 Å². The van der Waals surface area contributed by atoms with Crippen molar-refractivity contribution in [2.45, 2.75) is 26.2 Å². The third-order valence-corrected chi connectivity index (χ3v) is 1.61. The van der Waals surface area contributed by atoms with E-state index in [2.05, 4.69) is 25.1 Å². The van der Waals surface area contributed by atoms with E-state index in [-0.39, 0.29) is 21.1 Å². The van der Waals surface area contributed by atoms with Gasteiger partial charge >= 0.3 is 0 Å². The minimum absolute atomic E-state index is 0. The van der Waals surface area contributed by atoms with Gasteiger partial charge in [0.15, 0.2) is 0 Å². The molecular formula is C10H13Mo-. The van der Waals surface area contributed by atoms with Gasteiger partial charge in [-0.15, -0.1) is 0 Å². The molecule has 11 heavy (non-hydrogen) atoms. The number of hydrogen-bond donors (Lipinski definition) is 0. The Kier molecular flexibility index (Phi) is 6.55. The predicted molar refractivity (Wildman–Crippen MR) is 43.9 cm³/mol. The summed E-state index contributed by atoms with van der Waals surface area (Å²) in [5, 5.41) is 0. The van der Waals surface area contributed by atoms with Gasteiger partial charge in [0.2, 0.25) is 0 Å². The average molecular weight is 229 g/mol. The van der Waals surface area contributed by atoms with Gasteiger partial charge in [0.1, 0.15) is 0 Å². The van der Waals surface area contributed by atoms with E-state index in [1.54, 1.807) is 0 Å². The summed E-state index contributed by atoms with van der Waals surface area (Å²) in [5.74, 6) is 0. The van der Waals surface area contributed by atoms with E-state index in [9.17, 15) is 0 Å². The zero-order valence-electron chi connectivity index (χ0n) is 6.84. The van der Waals surface area contributed by atoms with Crippen LogP contribution in [-0.4, -0.2) is 0 Å². The van der Waals surface area contributed by atoms with Gasteiger partial charge in [0.05, 0.1) is 0 Å². The second-order valence-corrected chi connectivity index (χ2v) is 2.51. The van der Waals surface area contributed by atoms with Crippen LogP contribution in [0.25, 0.3) is 0 Å². The number of aryl methyl sites for hydroxylation is 1. The van der Waals surface area contributed by atoms with Gasteiger partial charge in [0.25, 0.3) is 0 Å². The molecule has 0 radical (unpaired) electrons. The quantitative estimate of drug-likeness (QED) is 0.552. The third-order valence-electron chi connectivity index (χ3n) is 1.61. The van der Waals surface area contributed by atoms with Gasteiger partial charge in [-0.1, -0.05) is 26.2 Å². The zero-order valence-corrected chi connectivity index (χ0v) is 8.85. The topological polar surface area (TPSA) is 0 Å². The first kappa shape index (κ1) is 10.9. The minimum atomic E-state index is 0. The largest absolute Gasteiger partial charge is 0.184 e. The first-order valence-corrected chi connectivity index (χ1v) is 3.88. The Morgan fingerprint density at radius 2 is 1.91 bits per heavy atom. The summed E-state index contributed by atoms with van der Waals surface area (Å²) in [5.41, 5.74) is 1.43. The van der Waals surface area contributed by atoms with E-state index in [4.69, 9.17) is 0 Å². The van der Waals surface area contributed by atoms with Crippen LogP contribution in [-0.2, 0) is 27.5 Å². The number of rotatable bonds is 3. The van der Waals surface area contributed by atoms with E-state index in [1.807, 2.05) is 12.1 Å². The molecule has 0 spiro atoms. The molecule has 1 aromatic rings. The average Bonchev–Trinajstić information content (AvgIpc) is 2.03. The van der Waals surface area contributed by atoms with Crippen molar-refractivity contribution in [1.82, 2.24) is 0 Å². The Morgan fingerprint density at radius 1 is 1.27 bits per heavy atom. The van der Waals surface area contributed by atoms with Crippen molar-refractivity contribution in [2.75, 3.05) is 0 Å². The van der Waals surface area contributed by atoms with E-state index >= 15 is 0 Å².